The Balaban J connectivity index is 1.52. The van der Waals surface area contributed by atoms with Crippen molar-refractivity contribution in [3.63, 3.8) is 0 Å². The number of thioether (sulfide) groups is 1. The fraction of sp³-hybridized carbons (Fsp3) is 0.143. The number of halogens is 1. The van der Waals surface area contributed by atoms with Crippen molar-refractivity contribution in [1.82, 2.24) is 9.88 Å². The lowest BCUT2D eigenvalue weighted by Crippen LogP contribution is -2.33. The number of amidine groups is 1. The van der Waals surface area contributed by atoms with Crippen LogP contribution in [0.4, 0.5) is 10.8 Å². The number of fused-ring (bicyclic) bond motifs is 1. The van der Waals surface area contributed by atoms with Crippen LogP contribution in [0, 0.1) is 0 Å². The van der Waals surface area contributed by atoms with Gasteiger partial charge in [-0.15, -0.1) is 6.58 Å². The van der Waals surface area contributed by atoms with E-state index in [0.29, 0.717) is 27.6 Å². The SMILES string of the molecule is C=CCN1C(=O)C(CC(=O)Nc2ccccc2Cl)S/C1=N\c1nc2ccccc2s1. The van der Waals surface area contributed by atoms with Gasteiger partial charge in [-0.25, -0.2) is 4.98 Å². The van der Waals surface area contributed by atoms with Gasteiger partial charge in [0.1, 0.15) is 5.25 Å². The van der Waals surface area contributed by atoms with Crippen LogP contribution in [0.5, 0.6) is 0 Å². The Morgan fingerprint density at radius 3 is 2.80 bits per heavy atom. The van der Waals surface area contributed by atoms with Crippen molar-refractivity contribution in [3.8, 4) is 0 Å². The molecule has 0 aliphatic carbocycles. The molecule has 0 radical (unpaired) electrons. The molecule has 2 heterocycles. The molecule has 1 fully saturated rings. The van der Waals surface area contributed by atoms with E-state index in [0.717, 1.165) is 10.2 Å². The highest BCUT2D eigenvalue weighted by Crippen LogP contribution is 2.34. The van der Waals surface area contributed by atoms with Crippen LogP contribution < -0.4 is 5.32 Å². The predicted molar refractivity (Wildman–Crippen MR) is 125 cm³/mol. The van der Waals surface area contributed by atoms with Crippen LogP contribution in [0.2, 0.25) is 5.02 Å². The van der Waals surface area contributed by atoms with Gasteiger partial charge in [0.2, 0.25) is 16.9 Å². The van der Waals surface area contributed by atoms with Crippen molar-refractivity contribution in [2.24, 2.45) is 4.99 Å². The molecule has 1 unspecified atom stereocenters. The minimum atomic E-state index is -0.569. The molecule has 1 N–H and O–H groups in total. The number of amides is 2. The normalized spacial score (nSPS) is 17.6. The minimum Gasteiger partial charge on any atom is -0.325 e. The topological polar surface area (TPSA) is 74.7 Å². The molecule has 0 spiro atoms. The summed E-state index contributed by atoms with van der Waals surface area (Å²) in [5.41, 5.74) is 1.38. The predicted octanol–water partition coefficient (Wildman–Crippen LogP) is 5.10. The van der Waals surface area contributed by atoms with E-state index in [2.05, 4.69) is 21.9 Å². The summed E-state index contributed by atoms with van der Waals surface area (Å²) in [5.74, 6) is -0.456. The molecule has 1 aliphatic rings. The smallest absolute Gasteiger partial charge is 0.242 e. The van der Waals surface area contributed by atoms with Crippen LogP contribution in [-0.4, -0.2) is 38.7 Å². The third-order valence-electron chi connectivity index (χ3n) is 4.32. The Hall–Kier alpha value is -2.68. The Kier molecular flexibility index (Phi) is 6.17. The third-order valence-corrected chi connectivity index (χ3v) is 6.76. The maximum absolute atomic E-state index is 12.9. The van der Waals surface area contributed by atoms with Crippen LogP contribution in [0.25, 0.3) is 10.2 Å². The summed E-state index contributed by atoms with van der Waals surface area (Å²) in [5, 5.41) is 3.73. The maximum atomic E-state index is 12.9. The molecular formula is C21H17ClN4O2S2. The maximum Gasteiger partial charge on any atom is 0.242 e. The second-order valence-corrected chi connectivity index (χ2v) is 9.02. The highest BCUT2D eigenvalue weighted by Gasteiger charge is 2.38. The number of benzene rings is 2. The Morgan fingerprint density at radius 2 is 2.03 bits per heavy atom. The molecule has 0 bridgehead atoms. The second kappa shape index (κ2) is 8.99. The number of nitrogens with one attached hydrogen (secondary N) is 1. The van der Waals surface area contributed by atoms with E-state index >= 15 is 0 Å². The monoisotopic (exact) mass is 456 g/mol. The highest BCUT2D eigenvalue weighted by molar-refractivity contribution is 8.15. The number of rotatable bonds is 6. The van der Waals surface area contributed by atoms with Gasteiger partial charge in [-0.05, 0) is 24.3 Å². The van der Waals surface area contributed by atoms with Gasteiger partial charge in [-0.3, -0.25) is 14.5 Å². The molecule has 1 saturated heterocycles. The van der Waals surface area contributed by atoms with Crippen LogP contribution in [-0.2, 0) is 9.59 Å². The van der Waals surface area contributed by atoms with Crippen molar-refractivity contribution in [2.75, 3.05) is 11.9 Å². The van der Waals surface area contributed by atoms with Gasteiger partial charge in [0.05, 0.1) is 20.9 Å². The standard InChI is InChI=1S/C21H17ClN4O2S2/c1-2-11-26-19(28)17(12-18(27)23-14-8-4-3-7-13(14)22)30-21(26)25-20-24-15-9-5-6-10-16(15)29-20/h2-10,17H,1,11-12H2,(H,23,27)/b25-21-. The number of hydrogen-bond donors (Lipinski definition) is 1. The second-order valence-electron chi connectivity index (χ2n) is 6.43. The first-order valence-electron chi connectivity index (χ1n) is 9.12. The number of aromatic nitrogens is 1. The van der Waals surface area contributed by atoms with E-state index in [1.165, 1.54) is 28.0 Å². The molecule has 9 heteroatoms. The zero-order chi connectivity index (χ0) is 21.1. The molecule has 0 saturated carbocycles. The fourth-order valence-corrected chi connectivity index (χ4v) is 5.17. The highest BCUT2D eigenvalue weighted by atomic mass is 35.5. The van der Waals surface area contributed by atoms with Crippen molar-refractivity contribution >= 4 is 72.7 Å². The first kappa shape index (κ1) is 20.6. The summed E-state index contributed by atoms with van der Waals surface area (Å²) in [7, 11) is 0. The van der Waals surface area contributed by atoms with Gasteiger partial charge in [-0.2, -0.15) is 4.99 Å². The van der Waals surface area contributed by atoms with Crippen molar-refractivity contribution < 1.29 is 9.59 Å². The summed E-state index contributed by atoms with van der Waals surface area (Å²) in [6.45, 7) is 4.04. The molecule has 152 valence electrons. The molecule has 1 aliphatic heterocycles. The van der Waals surface area contributed by atoms with Crippen LogP contribution in [0.3, 0.4) is 0 Å². The minimum absolute atomic E-state index is 0.0151. The van der Waals surface area contributed by atoms with Crippen molar-refractivity contribution in [2.45, 2.75) is 11.7 Å². The molecule has 6 nitrogen and oxygen atoms in total. The van der Waals surface area contributed by atoms with E-state index < -0.39 is 5.25 Å². The number of carbonyl (C=O) groups is 2. The van der Waals surface area contributed by atoms with Gasteiger partial charge in [0.25, 0.3) is 0 Å². The summed E-state index contributed by atoms with van der Waals surface area (Å²) < 4.78 is 1.03. The van der Waals surface area contributed by atoms with Crippen molar-refractivity contribution in [3.05, 3.63) is 66.2 Å². The van der Waals surface area contributed by atoms with Gasteiger partial charge >= 0.3 is 0 Å². The lowest BCUT2D eigenvalue weighted by Gasteiger charge is -2.13. The van der Waals surface area contributed by atoms with Gasteiger partial charge in [0, 0.05) is 13.0 Å². The summed E-state index contributed by atoms with van der Waals surface area (Å²) >= 11 is 8.81. The van der Waals surface area contributed by atoms with Crippen LogP contribution >= 0.6 is 34.7 Å². The zero-order valence-corrected chi connectivity index (χ0v) is 18.1. The van der Waals surface area contributed by atoms with E-state index in [-0.39, 0.29) is 18.2 Å². The number of carbonyl (C=O) groups excluding carboxylic acids is 2. The summed E-state index contributed by atoms with van der Waals surface area (Å²) in [4.78, 5) is 36.0. The zero-order valence-electron chi connectivity index (χ0n) is 15.7. The molecule has 2 amide bonds. The molecule has 3 aromatic rings. The number of anilines is 1. The van der Waals surface area contributed by atoms with Crippen LogP contribution in [0.15, 0.2) is 66.2 Å². The summed E-state index contributed by atoms with van der Waals surface area (Å²) in [6.07, 6.45) is 1.65. The first-order valence-corrected chi connectivity index (χ1v) is 11.2. The van der Waals surface area contributed by atoms with E-state index in [1.54, 1.807) is 30.3 Å². The largest absolute Gasteiger partial charge is 0.325 e. The van der Waals surface area contributed by atoms with E-state index in [1.807, 2.05) is 24.3 Å². The average molecular weight is 457 g/mol. The Bertz CT molecular complexity index is 1130. The van der Waals surface area contributed by atoms with Gasteiger partial charge < -0.3 is 5.32 Å². The molecule has 1 atom stereocenters. The Labute approximate surface area is 186 Å². The lowest BCUT2D eigenvalue weighted by molar-refractivity contribution is -0.127. The molecule has 4 rings (SSSR count). The van der Waals surface area contributed by atoms with E-state index in [9.17, 15) is 9.59 Å². The quantitative estimate of drug-likeness (QED) is 0.524. The fourth-order valence-electron chi connectivity index (χ4n) is 2.94. The Morgan fingerprint density at radius 1 is 1.27 bits per heavy atom. The van der Waals surface area contributed by atoms with E-state index in [4.69, 9.17) is 11.6 Å². The average Bonchev–Trinajstić information content (AvgIpc) is 3.26. The number of thiazole rings is 1. The number of nitrogens with zero attached hydrogens (tertiary/aromatic N) is 3. The number of hydrogen-bond acceptors (Lipinski definition) is 6. The van der Waals surface area contributed by atoms with Gasteiger partial charge in [-0.1, -0.05) is 65.0 Å². The summed E-state index contributed by atoms with van der Waals surface area (Å²) in [6, 6.07) is 14.7. The molecule has 2 aromatic carbocycles. The third kappa shape index (κ3) is 4.40. The van der Waals surface area contributed by atoms with Crippen LogP contribution in [0.1, 0.15) is 6.42 Å². The number of para-hydroxylation sites is 2. The number of aliphatic imine (C=N–C) groups is 1. The lowest BCUT2D eigenvalue weighted by atomic mass is 10.2. The first-order chi connectivity index (χ1) is 14.5. The van der Waals surface area contributed by atoms with Crippen molar-refractivity contribution in [1.29, 1.82) is 0 Å². The molecule has 1 aromatic heterocycles. The van der Waals surface area contributed by atoms with Gasteiger partial charge in [0.15, 0.2) is 5.17 Å². The molecule has 30 heavy (non-hydrogen) atoms. The molecular weight excluding hydrogens is 440 g/mol.